The first-order chi connectivity index (χ1) is 9.40. The van der Waals surface area contributed by atoms with Crippen LogP contribution in [0.4, 0.5) is 0 Å². The number of H-pyrrole nitrogens is 1. The maximum atomic E-state index is 4.42. The van der Waals surface area contributed by atoms with E-state index < -0.39 is 0 Å². The number of hydrogen-bond donors (Lipinski definition) is 2. The van der Waals surface area contributed by atoms with Gasteiger partial charge >= 0.3 is 0 Å². The highest BCUT2D eigenvalue weighted by molar-refractivity contribution is 5.78. The van der Waals surface area contributed by atoms with Gasteiger partial charge in [-0.15, -0.1) is 0 Å². The van der Waals surface area contributed by atoms with E-state index in [1.807, 2.05) is 0 Å². The van der Waals surface area contributed by atoms with Crippen LogP contribution >= 0.6 is 0 Å². The van der Waals surface area contributed by atoms with Gasteiger partial charge in [0.15, 0.2) is 0 Å². The Balaban J connectivity index is 1.49. The van der Waals surface area contributed by atoms with E-state index in [2.05, 4.69) is 38.4 Å². The van der Waals surface area contributed by atoms with Crippen molar-refractivity contribution in [2.45, 2.75) is 25.4 Å². The van der Waals surface area contributed by atoms with Crippen LogP contribution in [0.15, 0.2) is 24.5 Å². The van der Waals surface area contributed by atoms with Gasteiger partial charge in [0.05, 0.1) is 17.4 Å². The van der Waals surface area contributed by atoms with Crippen molar-refractivity contribution in [3.05, 3.63) is 30.1 Å². The zero-order chi connectivity index (χ0) is 12.7. The van der Waals surface area contributed by atoms with Crippen molar-refractivity contribution in [2.24, 2.45) is 5.92 Å². The number of rotatable bonds is 3. The lowest BCUT2D eigenvalue weighted by Crippen LogP contribution is -2.55. The molecule has 3 saturated heterocycles. The van der Waals surface area contributed by atoms with Crippen LogP contribution in [0, 0.1) is 5.92 Å². The van der Waals surface area contributed by atoms with Gasteiger partial charge in [0.2, 0.25) is 0 Å². The molecule has 0 spiro atoms. The molecule has 0 aliphatic carbocycles. The lowest BCUT2D eigenvalue weighted by molar-refractivity contribution is 0.0720. The Hall–Kier alpha value is -1.39. The van der Waals surface area contributed by atoms with Gasteiger partial charge in [-0.1, -0.05) is 12.1 Å². The second-order valence-electron chi connectivity index (χ2n) is 5.84. The van der Waals surface area contributed by atoms with Crippen molar-refractivity contribution in [1.82, 2.24) is 20.2 Å². The van der Waals surface area contributed by atoms with E-state index in [0.717, 1.165) is 23.5 Å². The quantitative estimate of drug-likeness (QED) is 0.879. The van der Waals surface area contributed by atoms with Gasteiger partial charge in [-0.3, -0.25) is 0 Å². The van der Waals surface area contributed by atoms with Gasteiger partial charge in [-0.05, 0) is 43.5 Å². The molecule has 3 aliphatic rings. The Morgan fingerprint density at radius 2 is 2.21 bits per heavy atom. The average molecular weight is 256 g/mol. The van der Waals surface area contributed by atoms with Crippen LogP contribution in [0.2, 0.25) is 0 Å². The first-order valence-corrected chi connectivity index (χ1v) is 7.27. The van der Waals surface area contributed by atoms with E-state index in [0.29, 0.717) is 6.04 Å². The Bertz CT molecular complexity index is 568. The summed E-state index contributed by atoms with van der Waals surface area (Å²) in [5.41, 5.74) is 3.54. The molecule has 19 heavy (non-hydrogen) atoms. The van der Waals surface area contributed by atoms with E-state index in [-0.39, 0.29) is 0 Å². The van der Waals surface area contributed by atoms with E-state index in [4.69, 9.17) is 0 Å². The lowest BCUT2D eigenvalue weighted by atomic mass is 9.84. The van der Waals surface area contributed by atoms with Crippen molar-refractivity contribution in [2.75, 3.05) is 19.6 Å². The van der Waals surface area contributed by atoms with Crippen LogP contribution in [0.5, 0.6) is 0 Å². The predicted molar refractivity (Wildman–Crippen MR) is 75.9 cm³/mol. The predicted octanol–water partition coefficient (Wildman–Crippen LogP) is 1.75. The third-order valence-electron chi connectivity index (χ3n) is 4.74. The summed E-state index contributed by atoms with van der Waals surface area (Å²) in [7, 11) is 0. The number of para-hydroxylation sites is 1. The van der Waals surface area contributed by atoms with Gasteiger partial charge in [0.1, 0.15) is 0 Å². The van der Waals surface area contributed by atoms with Crippen molar-refractivity contribution >= 4 is 11.0 Å². The molecule has 2 aromatic rings. The number of piperidine rings is 3. The van der Waals surface area contributed by atoms with E-state index in [9.17, 15) is 0 Å². The Labute approximate surface area is 113 Å². The Morgan fingerprint density at radius 1 is 1.32 bits per heavy atom. The summed E-state index contributed by atoms with van der Waals surface area (Å²) < 4.78 is 0. The third kappa shape index (κ3) is 2.05. The molecule has 4 heterocycles. The molecule has 1 aromatic heterocycles. The molecule has 100 valence electrons. The summed E-state index contributed by atoms with van der Waals surface area (Å²) in [5, 5.41) is 3.76. The standard InChI is InChI=1S/C15H20N4/c1-2-12(15-13(3-1)17-10-18-15)8-16-14-9-19-6-4-11(14)5-7-19/h1-3,10-11,14,16H,4-9H2,(H,17,18). The van der Waals surface area contributed by atoms with Crippen molar-refractivity contribution in [3.8, 4) is 0 Å². The molecule has 3 aliphatic heterocycles. The molecule has 0 radical (unpaired) electrons. The largest absolute Gasteiger partial charge is 0.345 e. The summed E-state index contributed by atoms with van der Waals surface area (Å²) in [4.78, 5) is 10.2. The highest BCUT2D eigenvalue weighted by atomic mass is 15.2. The molecule has 4 heteroatoms. The second kappa shape index (κ2) is 4.62. The van der Waals surface area contributed by atoms with Crippen LogP contribution in [0.25, 0.3) is 11.0 Å². The van der Waals surface area contributed by atoms with E-state index in [1.165, 1.54) is 38.0 Å². The minimum atomic E-state index is 0.664. The number of aromatic amines is 1. The fourth-order valence-corrected chi connectivity index (χ4v) is 3.61. The highest BCUT2D eigenvalue weighted by Gasteiger charge is 2.33. The summed E-state index contributed by atoms with van der Waals surface area (Å²) in [6.45, 7) is 4.76. The first-order valence-electron chi connectivity index (χ1n) is 7.27. The fraction of sp³-hybridized carbons (Fsp3) is 0.533. The summed E-state index contributed by atoms with van der Waals surface area (Å²) in [6.07, 6.45) is 4.51. The fourth-order valence-electron chi connectivity index (χ4n) is 3.61. The maximum Gasteiger partial charge on any atom is 0.0932 e. The maximum absolute atomic E-state index is 4.42. The smallest absolute Gasteiger partial charge is 0.0932 e. The second-order valence-corrected chi connectivity index (χ2v) is 5.84. The lowest BCUT2D eigenvalue weighted by Gasteiger charge is -2.45. The first kappa shape index (κ1) is 11.4. The van der Waals surface area contributed by atoms with Crippen molar-refractivity contribution < 1.29 is 0 Å². The van der Waals surface area contributed by atoms with Crippen LogP contribution in [0.3, 0.4) is 0 Å². The summed E-state index contributed by atoms with van der Waals surface area (Å²) in [6, 6.07) is 7.03. The Kier molecular flexibility index (Phi) is 2.78. The molecule has 1 atom stereocenters. The van der Waals surface area contributed by atoms with Crippen LogP contribution in [-0.2, 0) is 6.54 Å². The summed E-state index contributed by atoms with van der Waals surface area (Å²) >= 11 is 0. The van der Waals surface area contributed by atoms with Gasteiger partial charge in [0.25, 0.3) is 0 Å². The molecular formula is C15H20N4. The van der Waals surface area contributed by atoms with Gasteiger partial charge in [0, 0.05) is 19.1 Å². The molecule has 2 bridgehead atoms. The zero-order valence-electron chi connectivity index (χ0n) is 11.1. The summed E-state index contributed by atoms with van der Waals surface area (Å²) in [5.74, 6) is 0.878. The molecule has 3 fully saturated rings. The molecule has 1 unspecified atom stereocenters. The van der Waals surface area contributed by atoms with Gasteiger partial charge < -0.3 is 15.2 Å². The number of nitrogens with zero attached hydrogens (tertiary/aromatic N) is 2. The minimum absolute atomic E-state index is 0.664. The van der Waals surface area contributed by atoms with E-state index in [1.54, 1.807) is 6.33 Å². The van der Waals surface area contributed by atoms with Crippen LogP contribution in [0.1, 0.15) is 18.4 Å². The van der Waals surface area contributed by atoms with Crippen LogP contribution < -0.4 is 5.32 Å². The van der Waals surface area contributed by atoms with Crippen LogP contribution in [-0.4, -0.2) is 40.5 Å². The minimum Gasteiger partial charge on any atom is -0.345 e. The molecular weight excluding hydrogens is 236 g/mol. The van der Waals surface area contributed by atoms with Gasteiger partial charge in [-0.25, -0.2) is 4.98 Å². The topological polar surface area (TPSA) is 44.0 Å². The third-order valence-corrected chi connectivity index (χ3v) is 4.74. The average Bonchev–Trinajstić information content (AvgIpc) is 2.95. The number of fused-ring (bicyclic) bond motifs is 4. The number of aromatic nitrogens is 2. The SMILES string of the molecule is c1cc(CNC2CN3CCC2CC3)c2nc[nH]c2c1. The molecule has 0 amide bonds. The monoisotopic (exact) mass is 256 g/mol. The molecule has 4 nitrogen and oxygen atoms in total. The highest BCUT2D eigenvalue weighted by Crippen LogP contribution is 2.27. The number of hydrogen-bond acceptors (Lipinski definition) is 3. The molecule has 0 saturated carbocycles. The number of benzene rings is 1. The zero-order valence-corrected chi connectivity index (χ0v) is 11.1. The van der Waals surface area contributed by atoms with E-state index >= 15 is 0 Å². The number of nitrogens with one attached hydrogen (secondary N) is 2. The molecule has 2 N–H and O–H groups in total. The molecule has 5 rings (SSSR count). The number of imidazole rings is 1. The van der Waals surface area contributed by atoms with Crippen molar-refractivity contribution in [1.29, 1.82) is 0 Å². The normalized spacial score (nSPS) is 30.0. The van der Waals surface area contributed by atoms with Gasteiger partial charge in [-0.2, -0.15) is 0 Å². The molecule has 1 aromatic carbocycles. The van der Waals surface area contributed by atoms with Crippen molar-refractivity contribution in [3.63, 3.8) is 0 Å². The Morgan fingerprint density at radius 3 is 3.00 bits per heavy atom.